The lowest BCUT2D eigenvalue weighted by Crippen LogP contribution is -2.30. The minimum atomic E-state index is -0.0953. The molecule has 3 aromatic rings. The largest absolute Gasteiger partial charge is 0.492 e. The molecular weight excluding hydrogens is 410 g/mol. The number of benzene rings is 2. The van der Waals surface area contributed by atoms with E-state index < -0.39 is 0 Å². The Kier molecular flexibility index (Phi) is 6.82. The number of likely N-dealkylation sites (tertiary alicyclic amines) is 1. The second-order valence-corrected chi connectivity index (χ2v) is 8.51. The van der Waals surface area contributed by atoms with Crippen LogP contribution in [0.4, 0.5) is 5.69 Å². The van der Waals surface area contributed by atoms with Gasteiger partial charge in [-0.25, -0.2) is 0 Å². The number of carbonyl (C=O) groups is 2. The lowest BCUT2D eigenvalue weighted by molar-refractivity contribution is -0.130. The van der Waals surface area contributed by atoms with Crippen molar-refractivity contribution in [2.75, 3.05) is 30.8 Å². The number of anilines is 1. The molecule has 1 aromatic heterocycles. The molecule has 1 aliphatic heterocycles. The maximum absolute atomic E-state index is 12.6. The van der Waals surface area contributed by atoms with Gasteiger partial charge in [-0.05, 0) is 38.0 Å². The average molecular weight is 438 g/mol. The van der Waals surface area contributed by atoms with E-state index in [-0.39, 0.29) is 17.6 Å². The minimum absolute atomic E-state index is 0.0953. The zero-order valence-electron chi connectivity index (χ0n) is 17.7. The van der Waals surface area contributed by atoms with Gasteiger partial charge in [-0.15, -0.1) is 11.8 Å². The first-order chi connectivity index (χ1) is 15.2. The minimum Gasteiger partial charge on any atom is -0.492 e. The SMILES string of the molecule is CCOc1ccccc1NC(=O)CSc1cn(CC(=O)N2CCCC2)c2ccccc12. The third kappa shape index (κ3) is 5.05. The summed E-state index contributed by atoms with van der Waals surface area (Å²) >= 11 is 1.48. The highest BCUT2D eigenvalue weighted by atomic mass is 32.2. The highest BCUT2D eigenvalue weighted by molar-refractivity contribution is 8.00. The van der Waals surface area contributed by atoms with Gasteiger partial charge >= 0.3 is 0 Å². The first kappa shape index (κ1) is 21.3. The summed E-state index contributed by atoms with van der Waals surface area (Å²) in [4.78, 5) is 28.2. The lowest BCUT2D eigenvalue weighted by Gasteiger charge is -2.15. The monoisotopic (exact) mass is 437 g/mol. The number of hydrogen-bond acceptors (Lipinski definition) is 4. The molecule has 0 bridgehead atoms. The standard InChI is InChI=1S/C24H27N3O3S/c1-2-30-21-12-6-4-10-19(21)25-23(28)17-31-22-15-27(20-11-5-3-9-18(20)22)16-24(29)26-13-7-8-14-26/h3-6,9-12,15H,2,7-8,13-14,16-17H2,1H3,(H,25,28). The summed E-state index contributed by atoms with van der Waals surface area (Å²) in [5.41, 5.74) is 1.69. The van der Waals surface area contributed by atoms with Crippen LogP contribution in [0.3, 0.4) is 0 Å². The molecule has 0 spiro atoms. The Morgan fingerprint density at radius 1 is 1.06 bits per heavy atom. The zero-order valence-corrected chi connectivity index (χ0v) is 18.5. The summed E-state index contributed by atoms with van der Waals surface area (Å²) in [6.07, 6.45) is 4.16. The van der Waals surface area contributed by atoms with Crippen molar-refractivity contribution in [1.29, 1.82) is 0 Å². The molecule has 6 nitrogen and oxygen atoms in total. The topological polar surface area (TPSA) is 63.6 Å². The van der Waals surface area contributed by atoms with Gasteiger partial charge in [0.25, 0.3) is 0 Å². The summed E-state index contributed by atoms with van der Waals surface area (Å²) in [5, 5.41) is 4.00. The molecule has 31 heavy (non-hydrogen) atoms. The van der Waals surface area contributed by atoms with Crippen molar-refractivity contribution in [2.45, 2.75) is 31.2 Å². The second kappa shape index (κ2) is 9.92. The summed E-state index contributed by atoms with van der Waals surface area (Å²) < 4.78 is 7.58. The van der Waals surface area contributed by atoms with Gasteiger partial charge in [-0.3, -0.25) is 9.59 Å². The van der Waals surface area contributed by atoms with Crippen molar-refractivity contribution < 1.29 is 14.3 Å². The molecule has 1 fully saturated rings. The molecule has 1 aliphatic rings. The first-order valence-electron chi connectivity index (χ1n) is 10.7. The number of thioether (sulfide) groups is 1. The van der Waals surface area contributed by atoms with Crippen molar-refractivity contribution in [3.05, 3.63) is 54.7 Å². The van der Waals surface area contributed by atoms with Gasteiger partial charge in [0.15, 0.2) is 0 Å². The van der Waals surface area contributed by atoms with Gasteiger partial charge in [0, 0.05) is 35.1 Å². The van der Waals surface area contributed by atoms with Crippen LogP contribution < -0.4 is 10.1 Å². The van der Waals surface area contributed by atoms with E-state index >= 15 is 0 Å². The highest BCUT2D eigenvalue weighted by Gasteiger charge is 2.20. The predicted molar refractivity (Wildman–Crippen MR) is 125 cm³/mol. The third-order valence-corrected chi connectivity index (χ3v) is 6.38. The fourth-order valence-electron chi connectivity index (χ4n) is 3.85. The molecule has 0 radical (unpaired) electrons. The smallest absolute Gasteiger partial charge is 0.242 e. The number of ether oxygens (including phenoxy) is 1. The third-order valence-electron chi connectivity index (χ3n) is 5.34. The van der Waals surface area contributed by atoms with Crippen LogP contribution in [0.2, 0.25) is 0 Å². The van der Waals surface area contributed by atoms with Crippen LogP contribution in [0.25, 0.3) is 10.9 Å². The molecule has 1 saturated heterocycles. The van der Waals surface area contributed by atoms with E-state index in [0.717, 1.165) is 41.7 Å². The van der Waals surface area contributed by atoms with Gasteiger partial charge in [-0.2, -0.15) is 0 Å². The number of carbonyl (C=O) groups excluding carboxylic acids is 2. The highest BCUT2D eigenvalue weighted by Crippen LogP contribution is 2.31. The quantitative estimate of drug-likeness (QED) is 0.531. The molecule has 4 rings (SSSR count). The summed E-state index contributed by atoms with van der Waals surface area (Å²) in [7, 11) is 0. The number of nitrogens with one attached hydrogen (secondary N) is 1. The first-order valence-corrected chi connectivity index (χ1v) is 11.6. The molecule has 0 aliphatic carbocycles. The van der Waals surface area contributed by atoms with E-state index in [2.05, 4.69) is 5.32 Å². The van der Waals surface area contributed by atoms with Gasteiger partial charge in [0.2, 0.25) is 11.8 Å². The van der Waals surface area contributed by atoms with Crippen LogP contribution in [-0.2, 0) is 16.1 Å². The Morgan fingerprint density at radius 3 is 2.61 bits per heavy atom. The van der Waals surface area contributed by atoms with E-state index in [0.29, 0.717) is 24.6 Å². The average Bonchev–Trinajstić information content (AvgIpc) is 3.43. The van der Waals surface area contributed by atoms with Gasteiger partial charge in [0.05, 0.1) is 18.0 Å². The van der Waals surface area contributed by atoms with Crippen molar-refractivity contribution in [3.8, 4) is 5.75 Å². The molecule has 7 heteroatoms. The number of rotatable bonds is 8. The summed E-state index contributed by atoms with van der Waals surface area (Å²) in [5.74, 6) is 0.997. The molecule has 0 unspecified atom stereocenters. The predicted octanol–water partition coefficient (Wildman–Crippen LogP) is 4.39. The number of nitrogens with zero attached hydrogens (tertiary/aromatic N) is 2. The van der Waals surface area contributed by atoms with Crippen LogP contribution >= 0.6 is 11.8 Å². The van der Waals surface area contributed by atoms with E-state index in [1.54, 1.807) is 0 Å². The van der Waals surface area contributed by atoms with Crippen LogP contribution in [0, 0.1) is 0 Å². The van der Waals surface area contributed by atoms with Crippen LogP contribution in [0.15, 0.2) is 59.6 Å². The van der Waals surface area contributed by atoms with E-state index in [1.165, 1.54) is 11.8 Å². The van der Waals surface area contributed by atoms with Gasteiger partial charge in [-0.1, -0.05) is 30.3 Å². The van der Waals surface area contributed by atoms with Crippen molar-refractivity contribution in [2.24, 2.45) is 0 Å². The van der Waals surface area contributed by atoms with Crippen molar-refractivity contribution in [1.82, 2.24) is 9.47 Å². The molecular formula is C24H27N3O3S. The maximum Gasteiger partial charge on any atom is 0.242 e. The van der Waals surface area contributed by atoms with Crippen LogP contribution in [0.5, 0.6) is 5.75 Å². The Balaban J connectivity index is 1.45. The van der Waals surface area contributed by atoms with Crippen molar-refractivity contribution >= 4 is 40.2 Å². The number of hydrogen-bond donors (Lipinski definition) is 1. The van der Waals surface area contributed by atoms with E-state index in [1.807, 2.05) is 71.1 Å². The Hall–Kier alpha value is -2.93. The summed E-state index contributed by atoms with van der Waals surface area (Å²) in [6, 6.07) is 15.5. The normalized spacial score (nSPS) is 13.5. The Bertz CT molecular complexity index is 1070. The number of para-hydroxylation sites is 3. The number of amides is 2. The molecule has 162 valence electrons. The lowest BCUT2D eigenvalue weighted by atomic mass is 10.2. The van der Waals surface area contributed by atoms with E-state index in [9.17, 15) is 9.59 Å². The van der Waals surface area contributed by atoms with E-state index in [4.69, 9.17) is 4.74 Å². The van der Waals surface area contributed by atoms with Crippen LogP contribution in [-0.4, -0.2) is 46.7 Å². The summed E-state index contributed by atoms with van der Waals surface area (Å²) in [6.45, 7) is 4.48. The van der Waals surface area contributed by atoms with Gasteiger partial charge in [0.1, 0.15) is 12.3 Å². The fraction of sp³-hybridized carbons (Fsp3) is 0.333. The molecule has 2 heterocycles. The van der Waals surface area contributed by atoms with Crippen molar-refractivity contribution in [3.63, 3.8) is 0 Å². The molecule has 0 saturated carbocycles. The molecule has 0 atom stereocenters. The van der Waals surface area contributed by atoms with Gasteiger partial charge < -0.3 is 19.5 Å². The number of aromatic nitrogens is 1. The maximum atomic E-state index is 12.6. The fourth-order valence-corrected chi connectivity index (χ4v) is 4.74. The second-order valence-electron chi connectivity index (χ2n) is 7.49. The Labute approximate surface area is 186 Å². The molecule has 2 aromatic carbocycles. The Morgan fingerprint density at radius 2 is 1.81 bits per heavy atom. The van der Waals surface area contributed by atoms with Crippen LogP contribution in [0.1, 0.15) is 19.8 Å². The zero-order chi connectivity index (χ0) is 21.6. The number of fused-ring (bicyclic) bond motifs is 1. The molecule has 2 amide bonds. The molecule has 1 N–H and O–H groups in total.